The van der Waals surface area contributed by atoms with Crippen molar-refractivity contribution in [3.05, 3.63) is 39.7 Å². The summed E-state index contributed by atoms with van der Waals surface area (Å²) in [4.78, 5) is 48.1. The van der Waals surface area contributed by atoms with E-state index in [9.17, 15) is 19.5 Å². The monoisotopic (exact) mass is 605 g/mol. The Morgan fingerprint density at radius 1 is 1.05 bits per heavy atom. The van der Waals surface area contributed by atoms with E-state index in [0.29, 0.717) is 53.6 Å². The van der Waals surface area contributed by atoms with Crippen molar-refractivity contribution >= 4 is 34.8 Å². The Kier molecular flexibility index (Phi) is 9.45. The number of aromatic carboxylic acids is 1. The molecule has 0 aromatic carbocycles. The van der Waals surface area contributed by atoms with E-state index in [1.54, 1.807) is 18.3 Å². The van der Waals surface area contributed by atoms with Crippen molar-refractivity contribution in [3.63, 3.8) is 0 Å². The van der Waals surface area contributed by atoms with Gasteiger partial charge in [-0.1, -0.05) is 18.8 Å². The second kappa shape index (κ2) is 13.1. The molecular weight excluding hydrogens is 562 g/mol. The number of nitrogens with zero attached hydrogens (tertiary/aromatic N) is 3. The highest BCUT2D eigenvalue weighted by atomic mass is 32.1. The molecule has 5 rings (SSSR count). The molecule has 0 radical (unpaired) electrons. The maximum Gasteiger partial charge on any atom is 0.348 e. The second-order valence-electron chi connectivity index (χ2n) is 13.4. The van der Waals surface area contributed by atoms with Crippen LogP contribution in [0.4, 0.5) is 5.69 Å². The van der Waals surface area contributed by atoms with Crippen molar-refractivity contribution in [1.29, 1.82) is 0 Å². The van der Waals surface area contributed by atoms with Gasteiger partial charge in [0.2, 0.25) is 11.8 Å². The van der Waals surface area contributed by atoms with Gasteiger partial charge in [-0.25, -0.2) is 9.78 Å². The predicted molar refractivity (Wildman–Crippen MR) is 168 cm³/mol. The molecule has 43 heavy (non-hydrogen) atoms. The third kappa shape index (κ3) is 7.59. The predicted octanol–water partition coefficient (Wildman–Crippen LogP) is 6.63. The molecule has 2 aromatic rings. The zero-order chi connectivity index (χ0) is 30.7. The SMILES string of the molecule is CC(C)(C)C#Cc1cc(N(C(=O)[C@H]2CC[C@H](C)CC2)[C@H]2CC[C@H](Oc3cc(C(=O)N4CCC4)ccn3)CC2)c(C(=O)O)s1. The molecule has 230 valence electrons. The quantitative estimate of drug-likeness (QED) is 0.356. The number of thiophene rings is 1. The molecule has 3 heterocycles. The highest BCUT2D eigenvalue weighted by Crippen LogP contribution is 2.39. The number of carbonyl (C=O) groups is 3. The Morgan fingerprint density at radius 2 is 1.74 bits per heavy atom. The number of carboxylic acids is 1. The summed E-state index contributed by atoms with van der Waals surface area (Å²) >= 11 is 1.15. The molecule has 2 saturated carbocycles. The van der Waals surface area contributed by atoms with Gasteiger partial charge in [0.25, 0.3) is 5.91 Å². The Labute approximate surface area is 258 Å². The first-order chi connectivity index (χ1) is 20.5. The molecule has 3 fully saturated rings. The number of hydrogen-bond acceptors (Lipinski definition) is 6. The van der Waals surface area contributed by atoms with Crippen molar-refractivity contribution in [3.8, 4) is 17.7 Å². The van der Waals surface area contributed by atoms with Gasteiger partial charge in [-0.3, -0.25) is 9.59 Å². The molecule has 0 unspecified atom stereocenters. The van der Waals surface area contributed by atoms with E-state index in [1.165, 1.54) is 0 Å². The normalized spacial score (nSPS) is 23.9. The molecule has 1 aliphatic heterocycles. The van der Waals surface area contributed by atoms with Crippen LogP contribution in [-0.2, 0) is 4.79 Å². The molecule has 0 spiro atoms. The number of likely N-dealkylation sites (tertiary alicyclic amines) is 1. The topological polar surface area (TPSA) is 100 Å². The second-order valence-corrected chi connectivity index (χ2v) is 14.4. The minimum Gasteiger partial charge on any atom is -0.477 e. The molecule has 2 aliphatic carbocycles. The van der Waals surface area contributed by atoms with Gasteiger partial charge in [0.1, 0.15) is 11.0 Å². The van der Waals surface area contributed by atoms with Gasteiger partial charge in [0.15, 0.2) is 0 Å². The number of hydrogen-bond donors (Lipinski definition) is 1. The fourth-order valence-electron chi connectivity index (χ4n) is 6.12. The van der Waals surface area contributed by atoms with Gasteiger partial charge in [-0.15, -0.1) is 11.3 Å². The van der Waals surface area contributed by atoms with E-state index in [0.717, 1.165) is 56.5 Å². The molecular formula is C34H43N3O5S. The van der Waals surface area contributed by atoms with Gasteiger partial charge in [0.05, 0.1) is 10.6 Å². The molecule has 9 heteroatoms. The van der Waals surface area contributed by atoms with Crippen LogP contribution in [0.3, 0.4) is 0 Å². The van der Waals surface area contributed by atoms with Crippen molar-refractivity contribution in [2.45, 2.75) is 97.6 Å². The van der Waals surface area contributed by atoms with Crippen LogP contribution in [0.1, 0.15) is 110 Å². The molecule has 8 nitrogen and oxygen atoms in total. The summed E-state index contributed by atoms with van der Waals surface area (Å²) in [6.07, 6.45) is 9.00. The number of ether oxygens (including phenoxy) is 1. The number of carbonyl (C=O) groups excluding carboxylic acids is 2. The van der Waals surface area contributed by atoms with Crippen molar-refractivity contribution in [2.75, 3.05) is 18.0 Å². The summed E-state index contributed by atoms with van der Waals surface area (Å²) < 4.78 is 6.23. The lowest BCUT2D eigenvalue weighted by molar-refractivity contribution is -0.124. The molecule has 0 atom stereocenters. The minimum atomic E-state index is -1.03. The number of amides is 2. The van der Waals surface area contributed by atoms with E-state index in [2.05, 4.69) is 23.7 Å². The van der Waals surface area contributed by atoms with E-state index < -0.39 is 5.97 Å². The zero-order valence-corrected chi connectivity index (χ0v) is 26.5. The summed E-state index contributed by atoms with van der Waals surface area (Å²) in [5.74, 6) is 6.30. The Balaban J connectivity index is 1.35. The first-order valence-electron chi connectivity index (χ1n) is 15.6. The van der Waals surface area contributed by atoms with E-state index in [-0.39, 0.29) is 40.2 Å². The Bertz CT molecular complexity index is 1400. The van der Waals surface area contributed by atoms with Crippen LogP contribution in [0.15, 0.2) is 24.4 Å². The number of anilines is 1. The van der Waals surface area contributed by atoms with Crippen molar-refractivity contribution in [2.24, 2.45) is 17.3 Å². The van der Waals surface area contributed by atoms with E-state index >= 15 is 0 Å². The highest BCUT2D eigenvalue weighted by Gasteiger charge is 2.38. The third-order valence-electron chi connectivity index (χ3n) is 8.75. The maximum atomic E-state index is 14.2. The van der Waals surface area contributed by atoms with Gasteiger partial charge in [-0.05, 0) is 96.6 Å². The zero-order valence-electron chi connectivity index (χ0n) is 25.7. The average molecular weight is 606 g/mol. The molecule has 3 aliphatic rings. The number of aromatic nitrogens is 1. The lowest BCUT2D eigenvalue weighted by atomic mass is 9.81. The van der Waals surface area contributed by atoms with Crippen LogP contribution in [0.25, 0.3) is 0 Å². The van der Waals surface area contributed by atoms with E-state index in [4.69, 9.17) is 4.74 Å². The van der Waals surface area contributed by atoms with E-state index in [1.807, 2.05) is 36.6 Å². The van der Waals surface area contributed by atoms with Crippen LogP contribution in [-0.4, -0.2) is 58.0 Å². The lowest BCUT2D eigenvalue weighted by Gasteiger charge is -2.39. The first-order valence-corrected chi connectivity index (χ1v) is 16.5. The Morgan fingerprint density at radius 3 is 2.35 bits per heavy atom. The van der Waals surface area contributed by atoms with Gasteiger partial charge in [0, 0.05) is 48.3 Å². The molecule has 0 bridgehead atoms. The number of rotatable bonds is 7. The first kappa shape index (κ1) is 31.1. The van der Waals surface area contributed by atoms with Crippen LogP contribution in [0.5, 0.6) is 5.88 Å². The minimum absolute atomic E-state index is 0.00465. The van der Waals surface area contributed by atoms with Crippen LogP contribution < -0.4 is 9.64 Å². The summed E-state index contributed by atoms with van der Waals surface area (Å²) in [6.45, 7) is 9.85. The summed E-state index contributed by atoms with van der Waals surface area (Å²) in [6, 6.07) is 5.12. The van der Waals surface area contributed by atoms with Crippen molar-refractivity contribution < 1.29 is 24.2 Å². The van der Waals surface area contributed by atoms with Crippen LogP contribution >= 0.6 is 11.3 Å². The molecule has 2 amide bonds. The fourth-order valence-corrected chi connectivity index (χ4v) is 6.97. The summed E-state index contributed by atoms with van der Waals surface area (Å²) in [5, 5.41) is 10.2. The standard InChI is InChI=1S/C34H43N3O5S/c1-22-6-8-23(9-7-22)32(39)37(28-21-27(14-16-34(2,3)4)43-30(28)33(40)41)25-10-12-26(13-11-25)42-29-20-24(15-17-35-29)31(38)36-18-5-19-36/h15,17,20-23,25-26H,5-13,18-19H2,1-4H3,(H,40,41)/t22-,23-,25-,26-. The van der Waals surface area contributed by atoms with Crippen LogP contribution in [0.2, 0.25) is 0 Å². The number of pyridine rings is 1. The molecule has 1 saturated heterocycles. The van der Waals surface area contributed by atoms with Gasteiger partial charge >= 0.3 is 5.97 Å². The van der Waals surface area contributed by atoms with Crippen LogP contribution in [0, 0.1) is 29.1 Å². The maximum absolute atomic E-state index is 14.2. The molecule has 2 aromatic heterocycles. The molecule has 1 N–H and O–H groups in total. The van der Waals surface area contributed by atoms with Crippen molar-refractivity contribution in [1.82, 2.24) is 9.88 Å². The highest BCUT2D eigenvalue weighted by molar-refractivity contribution is 7.15. The largest absolute Gasteiger partial charge is 0.477 e. The fraction of sp³-hybridized carbons (Fsp3) is 0.588. The lowest BCUT2D eigenvalue weighted by Crippen LogP contribution is -2.47. The Hall–Kier alpha value is -3.38. The van der Waals surface area contributed by atoms with Gasteiger partial charge < -0.3 is 19.6 Å². The van der Waals surface area contributed by atoms with Gasteiger partial charge in [-0.2, -0.15) is 0 Å². The summed E-state index contributed by atoms with van der Waals surface area (Å²) in [5.41, 5.74) is 0.833. The third-order valence-corrected chi connectivity index (χ3v) is 9.78. The summed E-state index contributed by atoms with van der Waals surface area (Å²) in [7, 11) is 0. The smallest absolute Gasteiger partial charge is 0.348 e. The number of carboxylic acid groups (broad SMARTS) is 1. The average Bonchev–Trinajstić information content (AvgIpc) is 3.36.